The lowest BCUT2D eigenvalue weighted by Gasteiger charge is -2.30. The molecule has 2 heterocycles. The topological polar surface area (TPSA) is 66.5 Å². The van der Waals surface area contributed by atoms with E-state index >= 15 is 0 Å². The molecule has 2 aromatic rings. The van der Waals surface area contributed by atoms with Gasteiger partial charge < -0.3 is 5.32 Å². The van der Waals surface area contributed by atoms with Gasteiger partial charge in [0.25, 0.3) is 10.0 Å². The quantitative estimate of drug-likeness (QED) is 0.718. The van der Waals surface area contributed by atoms with Gasteiger partial charge >= 0.3 is 0 Å². The standard InChI is InChI=1S/C18H20BrFN2O3S2/c1-12-9-13(4-5-15(12)20)10-21-18(23)14-3-2-8-22(11-14)27(24,25)17-7-6-16(19)26-17/h4-7,9,14H,2-3,8,10-11H2,1H3,(H,21,23). The van der Waals surface area contributed by atoms with Crippen molar-refractivity contribution in [2.45, 2.75) is 30.5 Å². The molecule has 9 heteroatoms. The average Bonchev–Trinajstić information content (AvgIpc) is 3.10. The summed E-state index contributed by atoms with van der Waals surface area (Å²) in [6.45, 7) is 2.56. The molecule has 1 aliphatic heterocycles. The Morgan fingerprint density at radius 2 is 2.15 bits per heavy atom. The molecule has 1 aromatic carbocycles. The fourth-order valence-electron chi connectivity index (χ4n) is 3.09. The predicted molar refractivity (Wildman–Crippen MR) is 106 cm³/mol. The summed E-state index contributed by atoms with van der Waals surface area (Å²) in [6.07, 6.45) is 1.29. The number of nitrogens with zero attached hydrogens (tertiary/aromatic N) is 1. The molecule has 1 N–H and O–H groups in total. The van der Waals surface area contributed by atoms with Gasteiger partial charge in [-0.1, -0.05) is 12.1 Å². The Morgan fingerprint density at radius 1 is 1.37 bits per heavy atom. The van der Waals surface area contributed by atoms with Crippen molar-refractivity contribution >= 4 is 43.2 Å². The van der Waals surface area contributed by atoms with Crippen molar-refractivity contribution in [3.63, 3.8) is 0 Å². The second kappa shape index (κ2) is 8.38. The van der Waals surface area contributed by atoms with Crippen LogP contribution in [0.15, 0.2) is 38.3 Å². The van der Waals surface area contributed by atoms with Crippen LogP contribution in [-0.2, 0) is 21.4 Å². The smallest absolute Gasteiger partial charge is 0.252 e. The zero-order valence-electron chi connectivity index (χ0n) is 14.7. The normalized spacial score (nSPS) is 18.4. The Balaban J connectivity index is 1.63. The van der Waals surface area contributed by atoms with Crippen LogP contribution in [0.3, 0.4) is 0 Å². The van der Waals surface area contributed by atoms with Crippen LogP contribution in [0.5, 0.6) is 0 Å². The van der Waals surface area contributed by atoms with Crippen LogP contribution in [0.4, 0.5) is 4.39 Å². The summed E-state index contributed by atoms with van der Waals surface area (Å²) in [6, 6.07) is 7.99. The molecule has 0 spiro atoms. The van der Waals surface area contributed by atoms with Gasteiger partial charge in [0.05, 0.1) is 9.70 Å². The van der Waals surface area contributed by atoms with E-state index in [1.165, 1.54) is 10.4 Å². The highest BCUT2D eigenvalue weighted by Crippen LogP contribution is 2.30. The Labute approximate surface area is 170 Å². The molecule has 0 saturated carbocycles. The summed E-state index contributed by atoms with van der Waals surface area (Å²) in [5.74, 6) is -0.846. The maximum absolute atomic E-state index is 13.3. The molecule has 0 radical (unpaired) electrons. The van der Waals surface area contributed by atoms with Crippen LogP contribution in [0, 0.1) is 18.7 Å². The molecule has 5 nitrogen and oxygen atoms in total. The summed E-state index contributed by atoms with van der Waals surface area (Å²) < 4.78 is 41.3. The van der Waals surface area contributed by atoms with Crippen molar-refractivity contribution in [1.82, 2.24) is 9.62 Å². The molecule has 27 heavy (non-hydrogen) atoms. The van der Waals surface area contributed by atoms with Crippen LogP contribution >= 0.6 is 27.3 Å². The van der Waals surface area contributed by atoms with Crippen molar-refractivity contribution in [2.75, 3.05) is 13.1 Å². The number of hydrogen-bond donors (Lipinski definition) is 1. The molecule has 1 atom stereocenters. The molecule has 3 rings (SSSR count). The predicted octanol–water partition coefficient (Wildman–Crippen LogP) is 3.68. The van der Waals surface area contributed by atoms with E-state index in [0.29, 0.717) is 31.5 Å². The van der Waals surface area contributed by atoms with Gasteiger partial charge in [0.1, 0.15) is 10.0 Å². The SMILES string of the molecule is Cc1cc(CNC(=O)C2CCCN(S(=O)(=O)c3ccc(Br)s3)C2)ccc1F. The van der Waals surface area contributed by atoms with E-state index in [1.54, 1.807) is 31.2 Å². The van der Waals surface area contributed by atoms with Gasteiger partial charge in [-0.05, 0) is 65.0 Å². The maximum atomic E-state index is 13.3. The monoisotopic (exact) mass is 474 g/mol. The fraction of sp³-hybridized carbons (Fsp3) is 0.389. The molecule has 0 bridgehead atoms. The molecule has 1 aliphatic rings. The van der Waals surface area contributed by atoms with Gasteiger partial charge in [-0.25, -0.2) is 12.8 Å². The third-order valence-electron chi connectivity index (χ3n) is 4.59. The van der Waals surface area contributed by atoms with Gasteiger partial charge in [0, 0.05) is 19.6 Å². The molecule has 0 aliphatic carbocycles. The lowest BCUT2D eigenvalue weighted by Crippen LogP contribution is -2.45. The van der Waals surface area contributed by atoms with E-state index in [1.807, 2.05) is 0 Å². The second-order valence-corrected chi connectivity index (χ2v) is 11.2. The van der Waals surface area contributed by atoms with E-state index < -0.39 is 15.9 Å². The van der Waals surface area contributed by atoms with E-state index in [-0.39, 0.29) is 22.5 Å². The highest BCUT2D eigenvalue weighted by Gasteiger charge is 2.34. The first-order valence-electron chi connectivity index (χ1n) is 8.55. The molecule has 1 amide bonds. The molecular formula is C18H20BrFN2O3S2. The van der Waals surface area contributed by atoms with Gasteiger partial charge in [-0.3, -0.25) is 4.79 Å². The van der Waals surface area contributed by atoms with Crippen molar-refractivity contribution in [2.24, 2.45) is 5.92 Å². The number of nitrogens with one attached hydrogen (secondary N) is 1. The number of amides is 1. The minimum atomic E-state index is -3.58. The zero-order chi connectivity index (χ0) is 19.6. The van der Waals surface area contributed by atoms with Gasteiger partial charge in [-0.15, -0.1) is 11.3 Å². The van der Waals surface area contributed by atoms with E-state index in [9.17, 15) is 17.6 Å². The first kappa shape index (κ1) is 20.4. The minimum Gasteiger partial charge on any atom is -0.352 e. The van der Waals surface area contributed by atoms with Gasteiger partial charge in [0.2, 0.25) is 5.91 Å². The highest BCUT2D eigenvalue weighted by molar-refractivity contribution is 9.11. The molecule has 1 fully saturated rings. The van der Waals surface area contributed by atoms with Crippen molar-refractivity contribution < 1.29 is 17.6 Å². The van der Waals surface area contributed by atoms with Gasteiger partial charge in [-0.2, -0.15) is 4.31 Å². The number of rotatable bonds is 5. The lowest BCUT2D eigenvalue weighted by molar-refractivity contribution is -0.126. The van der Waals surface area contributed by atoms with Crippen LogP contribution < -0.4 is 5.32 Å². The lowest BCUT2D eigenvalue weighted by atomic mass is 9.98. The summed E-state index contributed by atoms with van der Waals surface area (Å²) in [7, 11) is -3.58. The van der Waals surface area contributed by atoms with E-state index in [2.05, 4.69) is 21.2 Å². The molecule has 146 valence electrons. The average molecular weight is 475 g/mol. The Hall–Kier alpha value is -1.29. The highest BCUT2D eigenvalue weighted by atomic mass is 79.9. The van der Waals surface area contributed by atoms with Gasteiger partial charge in [0.15, 0.2) is 0 Å². The number of carbonyl (C=O) groups excluding carboxylic acids is 1. The first-order valence-corrected chi connectivity index (χ1v) is 11.6. The Bertz CT molecular complexity index is 946. The summed E-state index contributed by atoms with van der Waals surface area (Å²) >= 11 is 4.45. The number of aryl methyl sites for hydroxylation is 1. The number of halogens is 2. The Kier molecular flexibility index (Phi) is 6.35. The number of hydrogen-bond acceptors (Lipinski definition) is 4. The first-order chi connectivity index (χ1) is 12.8. The summed E-state index contributed by atoms with van der Waals surface area (Å²) in [5, 5.41) is 2.84. The molecule has 1 unspecified atom stereocenters. The third-order valence-corrected chi connectivity index (χ3v) is 8.54. The number of carbonyl (C=O) groups is 1. The third kappa shape index (κ3) is 4.77. The largest absolute Gasteiger partial charge is 0.352 e. The minimum absolute atomic E-state index is 0.173. The van der Waals surface area contributed by atoms with Crippen LogP contribution in [0.25, 0.3) is 0 Å². The maximum Gasteiger partial charge on any atom is 0.252 e. The summed E-state index contributed by atoms with van der Waals surface area (Å²) in [4.78, 5) is 12.5. The number of benzene rings is 1. The second-order valence-electron chi connectivity index (χ2n) is 6.56. The summed E-state index contributed by atoms with van der Waals surface area (Å²) in [5.41, 5.74) is 1.34. The number of thiophene rings is 1. The van der Waals surface area contributed by atoms with Crippen LogP contribution in [-0.4, -0.2) is 31.7 Å². The fourth-order valence-corrected chi connectivity index (χ4v) is 6.78. The van der Waals surface area contributed by atoms with E-state index in [4.69, 9.17) is 0 Å². The molecular weight excluding hydrogens is 455 g/mol. The van der Waals surface area contributed by atoms with Crippen molar-refractivity contribution in [3.05, 3.63) is 51.1 Å². The Morgan fingerprint density at radius 3 is 2.81 bits per heavy atom. The van der Waals surface area contributed by atoms with Crippen molar-refractivity contribution in [1.29, 1.82) is 0 Å². The number of sulfonamides is 1. The molecule has 1 aromatic heterocycles. The van der Waals surface area contributed by atoms with Crippen LogP contribution in [0.2, 0.25) is 0 Å². The number of piperidine rings is 1. The zero-order valence-corrected chi connectivity index (χ0v) is 18.0. The van der Waals surface area contributed by atoms with Crippen molar-refractivity contribution in [3.8, 4) is 0 Å². The van der Waals surface area contributed by atoms with E-state index in [0.717, 1.165) is 20.7 Å². The molecule has 1 saturated heterocycles. The van der Waals surface area contributed by atoms with Crippen LogP contribution in [0.1, 0.15) is 24.0 Å².